The molecule has 1 atom stereocenters. The van der Waals surface area contributed by atoms with E-state index in [4.69, 9.17) is 23.1 Å². The molecule has 1 aromatic rings. The molecule has 0 saturated heterocycles. The van der Waals surface area contributed by atoms with Crippen LogP contribution in [0.2, 0.25) is 5.15 Å². The average molecular weight is 236 g/mol. The number of hydrogen-bond donors (Lipinski definition) is 2. The maximum absolute atomic E-state index is 5.89. The topological polar surface area (TPSA) is 64.9 Å². The van der Waals surface area contributed by atoms with Crippen molar-refractivity contribution in [3.05, 3.63) is 29.0 Å². The van der Waals surface area contributed by atoms with Crippen molar-refractivity contribution >= 4 is 24.0 Å². The zero-order valence-corrected chi connectivity index (χ0v) is 9.39. The molecule has 0 fully saturated rings. The lowest BCUT2D eigenvalue weighted by Gasteiger charge is -2.10. The molecular weight excluding hydrogens is 221 g/mol. The van der Waals surface area contributed by atoms with Gasteiger partial charge in [0, 0.05) is 12.2 Å². The standard InChI is InChI=1S/C9H14ClN3.ClH/c10-9-4-3-7(6-13-9)8(12)2-1-5-11;/h3-4,6,8H,1-2,5,11-12H2;1H/t8-;/m1./s1. The highest BCUT2D eigenvalue weighted by Crippen LogP contribution is 2.15. The van der Waals surface area contributed by atoms with E-state index in [2.05, 4.69) is 4.98 Å². The van der Waals surface area contributed by atoms with Gasteiger partial charge in [0.15, 0.2) is 0 Å². The van der Waals surface area contributed by atoms with Crippen LogP contribution in [0.5, 0.6) is 0 Å². The zero-order chi connectivity index (χ0) is 9.68. The maximum Gasteiger partial charge on any atom is 0.129 e. The van der Waals surface area contributed by atoms with Gasteiger partial charge in [-0.25, -0.2) is 4.98 Å². The van der Waals surface area contributed by atoms with Crippen molar-refractivity contribution in [2.75, 3.05) is 6.54 Å². The van der Waals surface area contributed by atoms with Gasteiger partial charge < -0.3 is 11.5 Å². The van der Waals surface area contributed by atoms with Crippen LogP contribution in [0.15, 0.2) is 18.3 Å². The molecule has 0 radical (unpaired) electrons. The van der Waals surface area contributed by atoms with Gasteiger partial charge >= 0.3 is 0 Å². The summed E-state index contributed by atoms with van der Waals surface area (Å²) in [6.07, 6.45) is 3.53. The van der Waals surface area contributed by atoms with Crippen molar-refractivity contribution in [3.8, 4) is 0 Å². The fourth-order valence-corrected chi connectivity index (χ4v) is 1.22. The van der Waals surface area contributed by atoms with Crippen LogP contribution in [0.1, 0.15) is 24.4 Å². The molecule has 1 heterocycles. The number of halogens is 2. The van der Waals surface area contributed by atoms with E-state index < -0.39 is 0 Å². The van der Waals surface area contributed by atoms with E-state index in [1.165, 1.54) is 0 Å². The molecule has 0 aromatic carbocycles. The first kappa shape index (κ1) is 13.7. The molecule has 0 saturated carbocycles. The van der Waals surface area contributed by atoms with Gasteiger partial charge in [-0.2, -0.15) is 0 Å². The molecule has 0 unspecified atom stereocenters. The van der Waals surface area contributed by atoms with E-state index in [1.807, 2.05) is 6.07 Å². The van der Waals surface area contributed by atoms with E-state index in [9.17, 15) is 0 Å². The molecule has 0 spiro atoms. The number of nitrogens with two attached hydrogens (primary N) is 2. The summed E-state index contributed by atoms with van der Waals surface area (Å²) in [6.45, 7) is 0.675. The van der Waals surface area contributed by atoms with Crippen LogP contribution in [0.3, 0.4) is 0 Å². The molecule has 0 bridgehead atoms. The van der Waals surface area contributed by atoms with Gasteiger partial charge in [-0.3, -0.25) is 0 Å². The summed E-state index contributed by atoms with van der Waals surface area (Å²) in [5.41, 5.74) is 12.3. The predicted octanol–water partition coefficient (Wildman–Crippen LogP) is 1.90. The number of aromatic nitrogens is 1. The summed E-state index contributed by atoms with van der Waals surface area (Å²) < 4.78 is 0. The normalized spacial score (nSPS) is 11.9. The Bertz CT molecular complexity index is 251. The molecule has 0 aliphatic rings. The Morgan fingerprint density at radius 3 is 2.64 bits per heavy atom. The van der Waals surface area contributed by atoms with Crippen LogP contribution in [0.4, 0.5) is 0 Å². The Morgan fingerprint density at radius 2 is 2.14 bits per heavy atom. The molecular formula is C9H15Cl2N3. The second kappa shape index (κ2) is 7.01. The lowest BCUT2D eigenvalue weighted by Crippen LogP contribution is -2.12. The minimum Gasteiger partial charge on any atom is -0.330 e. The number of pyridine rings is 1. The Kier molecular flexibility index (Phi) is 6.83. The monoisotopic (exact) mass is 235 g/mol. The van der Waals surface area contributed by atoms with Gasteiger partial charge in [-0.1, -0.05) is 17.7 Å². The van der Waals surface area contributed by atoms with Gasteiger partial charge in [0.25, 0.3) is 0 Å². The number of nitrogens with zero attached hydrogens (tertiary/aromatic N) is 1. The molecule has 1 rings (SSSR count). The summed E-state index contributed by atoms with van der Waals surface area (Å²) in [5.74, 6) is 0. The minimum absolute atomic E-state index is 0. The first-order valence-corrected chi connectivity index (χ1v) is 4.69. The van der Waals surface area contributed by atoms with Crippen LogP contribution < -0.4 is 11.5 Å². The summed E-state index contributed by atoms with van der Waals surface area (Å²) in [6, 6.07) is 3.67. The summed E-state index contributed by atoms with van der Waals surface area (Å²) in [5, 5.41) is 0.495. The summed E-state index contributed by atoms with van der Waals surface area (Å²) >= 11 is 5.65. The van der Waals surface area contributed by atoms with Crippen molar-refractivity contribution in [1.82, 2.24) is 4.98 Å². The quantitative estimate of drug-likeness (QED) is 0.784. The fourth-order valence-electron chi connectivity index (χ4n) is 1.11. The third-order valence-electron chi connectivity index (χ3n) is 1.90. The van der Waals surface area contributed by atoms with Gasteiger partial charge in [0.05, 0.1) is 0 Å². The molecule has 0 amide bonds. The van der Waals surface area contributed by atoms with Crippen LogP contribution in [-0.4, -0.2) is 11.5 Å². The number of rotatable bonds is 4. The predicted molar refractivity (Wildman–Crippen MR) is 61.7 cm³/mol. The summed E-state index contributed by atoms with van der Waals surface area (Å²) in [4.78, 5) is 3.96. The second-order valence-electron chi connectivity index (χ2n) is 2.95. The van der Waals surface area contributed by atoms with Crippen molar-refractivity contribution in [2.24, 2.45) is 11.5 Å². The highest BCUT2D eigenvalue weighted by molar-refractivity contribution is 6.29. The SMILES string of the molecule is Cl.NCCC[C@@H](N)c1ccc(Cl)nc1. The Morgan fingerprint density at radius 1 is 1.43 bits per heavy atom. The Balaban J connectivity index is 0.00000169. The largest absolute Gasteiger partial charge is 0.330 e. The van der Waals surface area contributed by atoms with Crippen molar-refractivity contribution < 1.29 is 0 Å². The second-order valence-corrected chi connectivity index (χ2v) is 3.34. The molecule has 5 heteroatoms. The van der Waals surface area contributed by atoms with Gasteiger partial charge in [-0.15, -0.1) is 12.4 Å². The van der Waals surface area contributed by atoms with Crippen molar-refractivity contribution in [2.45, 2.75) is 18.9 Å². The fraction of sp³-hybridized carbons (Fsp3) is 0.444. The molecule has 80 valence electrons. The van der Waals surface area contributed by atoms with Crippen molar-refractivity contribution in [3.63, 3.8) is 0 Å². The van der Waals surface area contributed by atoms with Crippen LogP contribution in [-0.2, 0) is 0 Å². The number of hydrogen-bond acceptors (Lipinski definition) is 3. The first-order chi connectivity index (χ1) is 6.24. The molecule has 1 aromatic heterocycles. The molecule has 4 N–H and O–H groups in total. The van der Waals surface area contributed by atoms with Crippen LogP contribution in [0.25, 0.3) is 0 Å². The van der Waals surface area contributed by atoms with Crippen LogP contribution >= 0.6 is 24.0 Å². The highest BCUT2D eigenvalue weighted by atomic mass is 35.5. The minimum atomic E-state index is 0. The summed E-state index contributed by atoms with van der Waals surface area (Å²) in [7, 11) is 0. The highest BCUT2D eigenvalue weighted by Gasteiger charge is 2.04. The molecule has 0 aliphatic heterocycles. The molecule has 3 nitrogen and oxygen atoms in total. The molecule has 0 aliphatic carbocycles. The maximum atomic E-state index is 5.89. The zero-order valence-electron chi connectivity index (χ0n) is 7.82. The van der Waals surface area contributed by atoms with Gasteiger partial charge in [0.1, 0.15) is 5.15 Å². The van der Waals surface area contributed by atoms with Gasteiger partial charge in [0.2, 0.25) is 0 Å². The van der Waals surface area contributed by atoms with Crippen molar-refractivity contribution in [1.29, 1.82) is 0 Å². The Hall–Kier alpha value is -0.350. The van der Waals surface area contributed by atoms with Crippen LogP contribution in [0, 0.1) is 0 Å². The van der Waals surface area contributed by atoms with E-state index in [0.717, 1.165) is 18.4 Å². The van der Waals surface area contributed by atoms with E-state index in [1.54, 1.807) is 12.3 Å². The lowest BCUT2D eigenvalue weighted by molar-refractivity contribution is 0.616. The average Bonchev–Trinajstić information content (AvgIpc) is 2.15. The lowest BCUT2D eigenvalue weighted by atomic mass is 10.1. The van der Waals surface area contributed by atoms with E-state index in [-0.39, 0.29) is 18.4 Å². The third kappa shape index (κ3) is 4.24. The smallest absolute Gasteiger partial charge is 0.129 e. The molecule has 14 heavy (non-hydrogen) atoms. The third-order valence-corrected chi connectivity index (χ3v) is 2.12. The first-order valence-electron chi connectivity index (χ1n) is 4.31. The Labute approximate surface area is 95.2 Å². The van der Waals surface area contributed by atoms with Gasteiger partial charge in [-0.05, 0) is 31.0 Å². The van der Waals surface area contributed by atoms with E-state index >= 15 is 0 Å². The van der Waals surface area contributed by atoms with E-state index in [0.29, 0.717) is 11.7 Å².